The van der Waals surface area contributed by atoms with Crippen molar-refractivity contribution in [3.8, 4) is 0 Å². The molecule has 0 aliphatic carbocycles. The van der Waals surface area contributed by atoms with Crippen molar-refractivity contribution in [3.63, 3.8) is 0 Å². The molecular weight excluding hydrogens is 369 g/mol. The Hall–Kier alpha value is -3.07. The molecule has 1 amide bonds. The second-order valence-electron chi connectivity index (χ2n) is 6.79. The predicted molar refractivity (Wildman–Crippen MR) is 98.5 cm³/mol. The Morgan fingerprint density at radius 3 is 2.54 bits per heavy atom. The zero-order valence-electron chi connectivity index (χ0n) is 15.1. The van der Waals surface area contributed by atoms with E-state index in [1.54, 1.807) is 12.1 Å². The summed E-state index contributed by atoms with van der Waals surface area (Å²) in [6.45, 7) is 1.02. The standard InChI is InChI=1S/C19H20FN3O5/c20-15-3-1-14(2-4-15)19(7-9-28-10-8-19)13-21-17(24)12-22-11-16(23(26)27)5-6-18(22)25/h1-6,11H,7-10,12-13H2,(H,21,24). The van der Waals surface area contributed by atoms with Gasteiger partial charge in [-0.25, -0.2) is 4.39 Å². The Bertz CT molecular complexity index is 920. The van der Waals surface area contributed by atoms with Gasteiger partial charge >= 0.3 is 0 Å². The molecule has 0 radical (unpaired) electrons. The summed E-state index contributed by atoms with van der Waals surface area (Å²) in [5.74, 6) is -0.768. The van der Waals surface area contributed by atoms with Crippen molar-refractivity contribution in [2.45, 2.75) is 24.8 Å². The normalized spacial score (nSPS) is 15.8. The van der Waals surface area contributed by atoms with Gasteiger partial charge in [0.05, 0.1) is 11.1 Å². The van der Waals surface area contributed by atoms with Crippen LogP contribution in [0.15, 0.2) is 47.4 Å². The van der Waals surface area contributed by atoms with Crippen LogP contribution in [0.1, 0.15) is 18.4 Å². The van der Waals surface area contributed by atoms with Crippen LogP contribution in [0.5, 0.6) is 0 Å². The van der Waals surface area contributed by atoms with Gasteiger partial charge in [0, 0.05) is 37.3 Å². The van der Waals surface area contributed by atoms with Gasteiger partial charge in [-0.1, -0.05) is 12.1 Å². The molecule has 1 aliphatic rings. The van der Waals surface area contributed by atoms with Gasteiger partial charge in [-0.05, 0) is 30.5 Å². The molecule has 8 nitrogen and oxygen atoms in total. The molecule has 1 aromatic heterocycles. The fourth-order valence-corrected chi connectivity index (χ4v) is 3.36. The second kappa shape index (κ2) is 8.30. The minimum Gasteiger partial charge on any atom is -0.381 e. The van der Waals surface area contributed by atoms with Crippen molar-refractivity contribution in [3.05, 3.63) is 74.4 Å². The molecule has 0 saturated carbocycles. The molecule has 0 bridgehead atoms. The van der Waals surface area contributed by atoms with Crippen LogP contribution in [0.4, 0.5) is 10.1 Å². The molecule has 2 aromatic rings. The van der Waals surface area contributed by atoms with E-state index in [1.807, 2.05) is 0 Å². The molecule has 9 heteroatoms. The highest BCUT2D eigenvalue weighted by Gasteiger charge is 2.34. The van der Waals surface area contributed by atoms with Gasteiger partial charge < -0.3 is 10.1 Å². The number of benzene rings is 1. The smallest absolute Gasteiger partial charge is 0.285 e. The van der Waals surface area contributed by atoms with E-state index >= 15 is 0 Å². The summed E-state index contributed by atoms with van der Waals surface area (Å²) in [7, 11) is 0. The molecule has 1 saturated heterocycles. The van der Waals surface area contributed by atoms with Crippen LogP contribution >= 0.6 is 0 Å². The first-order valence-electron chi connectivity index (χ1n) is 8.85. The quantitative estimate of drug-likeness (QED) is 0.599. The second-order valence-corrected chi connectivity index (χ2v) is 6.79. The summed E-state index contributed by atoms with van der Waals surface area (Å²) in [5, 5.41) is 13.7. The summed E-state index contributed by atoms with van der Waals surface area (Å²) in [5.41, 5.74) is -0.250. The third-order valence-corrected chi connectivity index (χ3v) is 5.02. The van der Waals surface area contributed by atoms with Crippen molar-refractivity contribution < 1.29 is 18.8 Å². The maximum atomic E-state index is 13.3. The molecule has 0 atom stereocenters. The summed E-state index contributed by atoms with van der Waals surface area (Å²) < 4.78 is 19.7. The maximum Gasteiger partial charge on any atom is 0.285 e. The number of aromatic nitrogens is 1. The lowest BCUT2D eigenvalue weighted by Gasteiger charge is -2.38. The van der Waals surface area contributed by atoms with Crippen LogP contribution in [0.2, 0.25) is 0 Å². The lowest BCUT2D eigenvalue weighted by molar-refractivity contribution is -0.385. The number of hydrogen-bond acceptors (Lipinski definition) is 5. The maximum absolute atomic E-state index is 13.3. The number of halogens is 1. The van der Waals surface area contributed by atoms with Crippen LogP contribution in [0.25, 0.3) is 0 Å². The summed E-state index contributed by atoms with van der Waals surface area (Å²) >= 11 is 0. The van der Waals surface area contributed by atoms with Gasteiger partial charge in [0.2, 0.25) is 5.91 Å². The number of nitrogens with zero attached hydrogens (tertiary/aromatic N) is 2. The zero-order valence-corrected chi connectivity index (χ0v) is 15.1. The molecule has 3 rings (SSSR count). The Morgan fingerprint density at radius 2 is 1.89 bits per heavy atom. The summed E-state index contributed by atoms with van der Waals surface area (Å²) in [4.78, 5) is 34.5. The molecule has 1 aliphatic heterocycles. The molecule has 1 fully saturated rings. The average molecular weight is 389 g/mol. The Morgan fingerprint density at radius 1 is 1.21 bits per heavy atom. The molecule has 0 unspecified atom stereocenters. The van der Waals surface area contributed by atoms with Gasteiger partial charge in [0.25, 0.3) is 11.2 Å². The Balaban J connectivity index is 1.72. The molecule has 2 heterocycles. The molecule has 28 heavy (non-hydrogen) atoms. The van der Waals surface area contributed by atoms with E-state index in [4.69, 9.17) is 4.74 Å². The first kappa shape index (κ1) is 19.7. The molecule has 0 spiro atoms. The molecule has 1 aromatic carbocycles. The highest BCUT2D eigenvalue weighted by atomic mass is 19.1. The lowest BCUT2D eigenvalue weighted by atomic mass is 9.74. The summed E-state index contributed by atoms with van der Waals surface area (Å²) in [6, 6.07) is 8.34. The lowest BCUT2D eigenvalue weighted by Crippen LogP contribution is -2.45. The van der Waals surface area contributed by atoms with Crippen molar-refractivity contribution in [1.29, 1.82) is 0 Å². The highest BCUT2D eigenvalue weighted by molar-refractivity contribution is 5.76. The van der Waals surface area contributed by atoms with Gasteiger partial charge in [0.15, 0.2) is 0 Å². The SMILES string of the molecule is O=C(Cn1cc([N+](=O)[O-])ccc1=O)NCC1(c2ccc(F)cc2)CCOCC1. The first-order valence-corrected chi connectivity index (χ1v) is 8.85. The molecule has 148 valence electrons. The highest BCUT2D eigenvalue weighted by Crippen LogP contribution is 2.34. The number of carbonyl (C=O) groups excluding carboxylic acids is 1. The number of carbonyl (C=O) groups is 1. The number of nitrogens with one attached hydrogen (secondary N) is 1. The number of rotatable bonds is 6. The average Bonchev–Trinajstić information content (AvgIpc) is 2.69. The third kappa shape index (κ3) is 4.42. The zero-order chi connectivity index (χ0) is 20.1. The van der Waals surface area contributed by atoms with Crippen LogP contribution in [0.3, 0.4) is 0 Å². The van der Waals surface area contributed by atoms with E-state index in [1.165, 1.54) is 12.1 Å². The number of pyridine rings is 1. The largest absolute Gasteiger partial charge is 0.381 e. The fourth-order valence-electron chi connectivity index (χ4n) is 3.36. The third-order valence-electron chi connectivity index (χ3n) is 5.02. The number of amides is 1. The van der Waals surface area contributed by atoms with E-state index in [0.717, 1.165) is 28.5 Å². The number of ether oxygens (including phenoxy) is 1. The van der Waals surface area contributed by atoms with E-state index in [-0.39, 0.29) is 18.0 Å². The van der Waals surface area contributed by atoms with E-state index in [0.29, 0.717) is 32.6 Å². The van der Waals surface area contributed by atoms with Gasteiger partial charge in [-0.2, -0.15) is 0 Å². The molecular formula is C19H20FN3O5. The fraction of sp³-hybridized carbons (Fsp3) is 0.368. The van der Waals surface area contributed by atoms with Crippen molar-refractivity contribution in [2.75, 3.05) is 19.8 Å². The van der Waals surface area contributed by atoms with Crippen molar-refractivity contribution >= 4 is 11.6 Å². The van der Waals surface area contributed by atoms with Crippen LogP contribution < -0.4 is 10.9 Å². The first-order chi connectivity index (χ1) is 13.4. The van der Waals surface area contributed by atoms with Gasteiger partial charge in [-0.3, -0.25) is 24.3 Å². The van der Waals surface area contributed by atoms with Gasteiger partial charge in [0.1, 0.15) is 12.4 Å². The summed E-state index contributed by atoms with van der Waals surface area (Å²) in [6.07, 6.45) is 2.37. The minimum absolute atomic E-state index is 0.264. The van der Waals surface area contributed by atoms with Crippen molar-refractivity contribution in [2.24, 2.45) is 0 Å². The van der Waals surface area contributed by atoms with E-state index < -0.39 is 21.8 Å². The van der Waals surface area contributed by atoms with E-state index in [2.05, 4.69) is 5.32 Å². The number of hydrogen-bond donors (Lipinski definition) is 1. The predicted octanol–water partition coefficient (Wildman–Crippen LogP) is 1.76. The van der Waals surface area contributed by atoms with Crippen LogP contribution in [0, 0.1) is 15.9 Å². The molecule has 1 N–H and O–H groups in total. The van der Waals surface area contributed by atoms with Crippen molar-refractivity contribution in [1.82, 2.24) is 9.88 Å². The number of nitro groups is 1. The van der Waals surface area contributed by atoms with E-state index in [9.17, 15) is 24.1 Å². The van der Waals surface area contributed by atoms with Crippen LogP contribution in [-0.2, 0) is 21.5 Å². The Labute approximate surface area is 160 Å². The van der Waals surface area contributed by atoms with Gasteiger partial charge in [-0.15, -0.1) is 0 Å². The van der Waals surface area contributed by atoms with Crippen LogP contribution in [-0.4, -0.2) is 35.2 Å². The monoisotopic (exact) mass is 389 g/mol. The minimum atomic E-state index is -0.626. The Kier molecular flexibility index (Phi) is 5.84. The topological polar surface area (TPSA) is 103 Å².